The van der Waals surface area contributed by atoms with Gasteiger partial charge in [0.2, 0.25) is 0 Å². The van der Waals surface area contributed by atoms with Crippen LogP contribution in [0.5, 0.6) is 5.75 Å². The molecule has 1 aromatic rings. The maximum atomic E-state index is 10.6. The summed E-state index contributed by atoms with van der Waals surface area (Å²) in [5.41, 5.74) is 5.51. The first kappa shape index (κ1) is 12.3. The van der Waals surface area contributed by atoms with Crippen LogP contribution in [0.15, 0.2) is 18.2 Å². The van der Waals surface area contributed by atoms with Crippen LogP contribution in [-0.4, -0.2) is 11.5 Å². The Hall–Kier alpha value is -1.78. The number of ether oxygens (including phenoxy) is 1. The zero-order valence-corrected chi connectivity index (χ0v) is 9.47. The second kappa shape index (κ2) is 5.34. The van der Waals surface area contributed by atoms with E-state index in [0.29, 0.717) is 18.3 Å². The zero-order chi connectivity index (χ0) is 12.1. The van der Waals surface area contributed by atoms with E-state index in [1.165, 1.54) is 12.1 Å². The Bertz CT molecular complexity index is 377. The fourth-order valence-electron chi connectivity index (χ4n) is 1.18. The quantitative estimate of drug-likeness (QED) is 0.473. The van der Waals surface area contributed by atoms with Crippen LogP contribution >= 0.6 is 0 Å². The minimum atomic E-state index is -0.509. The highest BCUT2D eigenvalue weighted by atomic mass is 16.6. The number of rotatable bonds is 5. The van der Waals surface area contributed by atoms with Gasteiger partial charge in [0.25, 0.3) is 5.69 Å². The Labute approximate surface area is 94.4 Å². The van der Waals surface area contributed by atoms with Crippen LogP contribution in [0.4, 0.5) is 11.4 Å². The van der Waals surface area contributed by atoms with E-state index in [-0.39, 0.29) is 11.4 Å². The first-order valence-electron chi connectivity index (χ1n) is 5.17. The Morgan fingerprint density at radius 3 is 2.75 bits per heavy atom. The molecule has 0 aromatic heterocycles. The predicted octanol–water partition coefficient (Wildman–Crippen LogP) is 2.60. The number of nitro benzene ring substituents is 1. The summed E-state index contributed by atoms with van der Waals surface area (Å²) in [5.74, 6) is 1.03. The number of hydrogen-bond acceptors (Lipinski definition) is 4. The lowest BCUT2D eigenvalue weighted by Crippen LogP contribution is -2.02. The van der Waals surface area contributed by atoms with Crippen molar-refractivity contribution in [2.24, 2.45) is 5.92 Å². The van der Waals surface area contributed by atoms with E-state index in [9.17, 15) is 10.1 Å². The molecule has 0 bridgehead atoms. The number of hydrogen-bond donors (Lipinski definition) is 1. The molecule has 0 spiro atoms. The monoisotopic (exact) mass is 224 g/mol. The largest absolute Gasteiger partial charge is 0.493 e. The fraction of sp³-hybridized carbons (Fsp3) is 0.455. The molecule has 0 saturated heterocycles. The Morgan fingerprint density at radius 1 is 1.50 bits per heavy atom. The van der Waals surface area contributed by atoms with Crippen LogP contribution < -0.4 is 10.5 Å². The van der Waals surface area contributed by atoms with Gasteiger partial charge in [0.1, 0.15) is 11.4 Å². The van der Waals surface area contributed by atoms with Gasteiger partial charge in [-0.05, 0) is 24.5 Å². The standard InChI is InChI=1S/C11H16N2O3/c1-8(2)5-6-16-9-3-4-10(12)11(7-9)13(14)15/h3-4,7-8H,5-6,12H2,1-2H3. The minimum absolute atomic E-state index is 0.109. The Balaban J connectivity index is 2.68. The molecule has 88 valence electrons. The first-order valence-corrected chi connectivity index (χ1v) is 5.17. The molecule has 0 aliphatic rings. The molecule has 5 heteroatoms. The SMILES string of the molecule is CC(C)CCOc1ccc(N)c([N+](=O)[O-])c1. The minimum Gasteiger partial charge on any atom is -0.493 e. The third-order valence-electron chi connectivity index (χ3n) is 2.16. The highest BCUT2D eigenvalue weighted by Crippen LogP contribution is 2.26. The maximum absolute atomic E-state index is 10.6. The van der Waals surface area contributed by atoms with Crippen LogP contribution in [0.25, 0.3) is 0 Å². The van der Waals surface area contributed by atoms with Gasteiger partial charge >= 0.3 is 0 Å². The van der Waals surface area contributed by atoms with Crippen molar-refractivity contribution in [3.63, 3.8) is 0 Å². The Morgan fingerprint density at radius 2 is 2.19 bits per heavy atom. The molecule has 0 aliphatic carbocycles. The summed E-state index contributed by atoms with van der Waals surface area (Å²) in [6.07, 6.45) is 0.915. The van der Waals surface area contributed by atoms with Crippen molar-refractivity contribution in [3.05, 3.63) is 28.3 Å². The van der Waals surface area contributed by atoms with E-state index >= 15 is 0 Å². The maximum Gasteiger partial charge on any atom is 0.295 e. The molecule has 16 heavy (non-hydrogen) atoms. The molecule has 1 aromatic carbocycles. The lowest BCUT2D eigenvalue weighted by molar-refractivity contribution is -0.384. The van der Waals surface area contributed by atoms with Crippen molar-refractivity contribution in [3.8, 4) is 5.75 Å². The summed E-state index contributed by atoms with van der Waals surface area (Å²) in [7, 11) is 0. The van der Waals surface area contributed by atoms with E-state index in [0.717, 1.165) is 6.42 Å². The second-order valence-corrected chi connectivity index (χ2v) is 4.01. The third kappa shape index (κ3) is 3.42. The van der Waals surface area contributed by atoms with E-state index < -0.39 is 4.92 Å². The summed E-state index contributed by atoms with van der Waals surface area (Å²) in [6.45, 7) is 4.74. The van der Waals surface area contributed by atoms with Crippen molar-refractivity contribution >= 4 is 11.4 Å². The van der Waals surface area contributed by atoms with Crippen LogP contribution in [0.1, 0.15) is 20.3 Å². The molecule has 1 rings (SSSR count). The first-order chi connectivity index (χ1) is 7.50. The van der Waals surface area contributed by atoms with Gasteiger partial charge in [0.05, 0.1) is 17.6 Å². The van der Waals surface area contributed by atoms with E-state index in [1.807, 2.05) is 0 Å². The molecule has 0 aliphatic heterocycles. The third-order valence-corrected chi connectivity index (χ3v) is 2.16. The molecule has 0 saturated carbocycles. The number of benzene rings is 1. The highest BCUT2D eigenvalue weighted by Gasteiger charge is 2.12. The van der Waals surface area contributed by atoms with Gasteiger partial charge in [-0.1, -0.05) is 13.8 Å². The van der Waals surface area contributed by atoms with Crippen molar-refractivity contribution in [1.29, 1.82) is 0 Å². The summed E-state index contributed by atoms with van der Waals surface area (Å²) in [4.78, 5) is 10.1. The Kier molecular flexibility index (Phi) is 4.10. The molecule has 2 N–H and O–H groups in total. The van der Waals surface area contributed by atoms with Crippen molar-refractivity contribution in [1.82, 2.24) is 0 Å². The van der Waals surface area contributed by atoms with Gasteiger partial charge < -0.3 is 10.5 Å². The second-order valence-electron chi connectivity index (χ2n) is 4.01. The average molecular weight is 224 g/mol. The van der Waals surface area contributed by atoms with Gasteiger partial charge in [-0.25, -0.2) is 0 Å². The lowest BCUT2D eigenvalue weighted by atomic mass is 10.1. The summed E-state index contributed by atoms with van der Waals surface area (Å²) >= 11 is 0. The van der Waals surface area contributed by atoms with Crippen molar-refractivity contribution in [2.75, 3.05) is 12.3 Å². The molecule has 0 amide bonds. The molecule has 0 fully saturated rings. The number of nitro groups is 1. The number of anilines is 1. The normalized spacial score (nSPS) is 10.4. The average Bonchev–Trinajstić information content (AvgIpc) is 2.19. The molecule has 0 radical (unpaired) electrons. The zero-order valence-electron chi connectivity index (χ0n) is 9.47. The van der Waals surface area contributed by atoms with Gasteiger partial charge in [-0.2, -0.15) is 0 Å². The number of nitrogens with two attached hydrogens (primary N) is 1. The molecule has 0 unspecified atom stereocenters. The van der Waals surface area contributed by atoms with Crippen LogP contribution in [0, 0.1) is 16.0 Å². The molecule has 5 nitrogen and oxygen atoms in total. The van der Waals surface area contributed by atoms with Crippen LogP contribution in [0.2, 0.25) is 0 Å². The van der Waals surface area contributed by atoms with E-state index in [2.05, 4.69) is 13.8 Å². The van der Waals surface area contributed by atoms with E-state index in [1.54, 1.807) is 6.07 Å². The molecular weight excluding hydrogens is 208 g/mol. The van der Waals surface area contributed by atoms with Crippen LogP contribution in [-0.2, 0) is 0 Å². The summed E-state index contributed by atoms with van der Waals surface area (Å²) in [5, 5.41) is 10.6. The molecular formula is C11H16N2O3. The predicted molar refractivity (Wildman–Crippen MR) is 62.5 cm³/mol. The lowest BCUT2D eigenvalue weighted by Gasteiger charge is -2.08. The van der Waals surface area contributed by atoms with Crippen molar-refractivity contribution < 1.29 is 9.66 Å². The summed E-state index contributed by atoms with van der Waals surface area (Å²) in [6, 6.07) is 4.49. The van der Waals surface area contributed by atoms with Gasteiger partial charge in [-0.15, -0.1) is 0 Å². The van der Waals surface area contributed by atoms with Crippen LogP contribution in [0.3, 0.4) is 0 Å². The van der Waals surface area contributed by atoms with Gasteiger partial charge in [0, 0.05) is 0 Å². The fourth-order valence-corrected chi connectivity index (χ4v) is 1.18. The topological polar surface area (TPSA) is 78.4 Å². The highest BCUT2D eigenvalue weighted by molar-refractivity contribution is 5.60. The van der Waals surface area contributed by atoms with Gasteiger partial charge in [0.15, 0.2) is 0 Å². The molecule has 0 atom stereocenters. The number of nitrogens with zero attached hydrogens (tertiary/aromatic N) is 1. The summed E-state index contributed by atoms with van der Waals surface area (Å²) < 4.78 is 5.40. The van der Waals surface area contributed by atoms with E-state index in [4.69, 9.17) is 10.5 Å². The molecule has 0 heterocycles. The van der Waals surface area contributed by atoms with Gasteiger partial charge in [-0.3, -0.25) is 10.1 Å². The smallest absolute Gasteiger partial charge is 0.295 e. The van der Waals surface area contributed by atoms with Crippen molar-refractivity contribution in [2.45, 2.75) is 20.3 Å². The number of nitrogen functional groups attached to an aromatic ring is 1.